The molecule has 1 atom stereocenters. The Hall–Kier alpha value is -0.610. The van der Waals surface area contributed by atoms with Gasteiger partial charge in [-0.05, 0) is 37.0 Å². The van der Waals surface area contributed by atoms with Gasteiger partial charge >= 0.3 is 0 Å². The highest BCUT2D eigenvalue weighted by molar-refractivity contribution is 6.30. The molecule has 0 saturated heterocycles. The van der Waals surface area contributed by atoms with E-state index in [-0.39, 0.29) is 11.6 Å². The standard InChI is InChI=1S/C14H23ClN2O/c1-4-14(5-2,18-3)13(17-16)10-11-7-6-8-12(15)9-11/h6-9,13,17H,4-5,10,16H2,1-3H3. The molecule has 102 valence electrons. The summed E-state index contributed by atoms with van der Waals surface area (Å²) < 4.78 is 5.72. The molecule has 1 unspecified atom stereocenters. The van der Waals surface area contributed by atoms with Crippen molar-refractivity contribution in [1.82, 2.24) is 5.43 Å². The van der Waals surface area contributed by atoms with Crippen LogP contribution in [0.1, 0.15) is 32.3 Å². The van der Waals surface area contributed by atoms with Crippen LogP contribution in [0.4, 0.5) is 0 Å². The molecule has 1 aromatic rings. The summed E-state index contributed by atoms with van der Waals surface area (Å²) in [5.74, 6) is 5.71. The molecule has 0 radical (unpaired) electrons. The maximum absolute atomic E-state index is 6.00. The highest BCUT2D eigenvalue weighted by Gasteiger charge is 2.35. The third-order valence-electron chi connectivity index (χ3n) is 3.77. The van der Waals surface area contributed by atoms with Crippen LogP contribution in [0.5, 0.6) is 0 Å². The van der Waals surface area contributed by atoms with E-state index in [9.17, 15) is 0 Å². The molecule has 0 saturated carbocycles. The molecule has 0 amide bonds. The molecule has 4 heteroatoms. The highest BCUT2D eigenvalue weighted by Crippen LogP contribution is 2.26. The maximum atomic E-state index is 6.00. The highest BCUT2D eigenvalue weighted by atomic mass is 35.5. The Labute approximate surface area is 115 Å². The monoisotopic (exact) mass is 270 g/mol. The fraction of sp³-hybridized carbons (Fsp3) is 0.571. The summed E-state index contributed by atoms with van der Waals surface area (Å²) in [7, 11) is 1.75. The number of halogens is 1. The molecule has 3 nitrogen and oxygen atoms in total. The first-order valence-corrected chi connectivity index (χ1v) is 6.75. The smallest absolute Gasteiger partial charge is 0.0842 e. The summed E-state index contributed by atoms with van der Waals surface area (Å²) in [6.45, 7) is 4.24. The second-order valence-corrected chi connectivity index (χ2v) is 4.97. The number of methoxy groups -OCH3 is 1. The molecular weight excluding hydrogens is 248 g/mol. The Kier molecular flexibility index (Phi) is 6.09. The number of hydrazine groups is 1. The molecule has 0 bridgehead atoms. The van der Waals surface area contributed by atoms with E-state index in [1.165, 1.54) is 0 Å². The Morgan fingerprint density at radius 2 is 2.06 bits per heavy atom. The van der Waals surface area contributed by atoms with Crippen molar-refractivity contribution >= 4 is 11.6 Å². The number of hydrogen-bond acceptors (Lipinski definition) is 3. The predicted octanol–water partition coefficient (Wildman–Crippen LogP) is 2.92. The van der Waals surface area contributed by atoms with Crippen molar-refractivity contribution in [3.05, 3.63) is 34.9 Å². The minimum absolute atomic E-state index is 0.0657. The van der Waals surface area contributed by atoms with Crippen molar-refractivity contribution in [2.45, 2.75) is 44.8 Å². The van der Waals surface area contributed by atoms with E-state index >= 15 is 0 Å². The third-order valence-corrected chi connectivity index (χ3v) is 4.00. The van der Waals surface area contributed by atoms with Gasteiger partial charge in [-0.1, -0.05) is 37.6 Å². The Balaban J connectivity index is 2.90. The summed E-state index contributed by atoms with van der Waals surface area (Å²) in [5, 5.41) is 0.749. The van der Waals surface area contributed by atoms with Crippen LogP contribution in [0.25, 0.3) is 0 Å². The van der Waals surface area contributed by atoms with E-state index in [1.54, 1.807) is 7.11 Å². The number of benzene rings is 1. The fourth-order valence-corrected chi connectivity index (χ4v) is 2.68. The zero-order valence-electron chi connectivity index (χ0n) is 11.4. The van der Waals surface area contributed by atoms with E-state index in [4.69, 9.17) is 22.2 Å². The summed E-state index contributed by atoms with van der Waals surface area (Å²) >= 11 is 6.00. The van der Waals surface area contributed by atoms with Crippen LogP contribution < -0.4 is 11.3 Å². The van der Waals surface area contributed by atoms with Gasteiger partial charge in [-0.25, -0.2) is 0 Å². The molecular formula is C14H23ClN2O. The number of rotatable bonds is 7. The number of nitrogens with two attached hydrogens (primary N) is 1. The van der Waals surface area contributed by atoms with Crippen molar-refractivity contribution < 1.29 is 4.74 Å². The van der Waals surface area contributed by atoms with Gasteiger partial charge in [0.1, 0.15) is 0 Å². The summed E-state index contributed by atoms with van der Waals surface area (Å²) in [6.07, 6.45) is 2.62. The average molecular weight is 271 g/mol. The molecule has 0 spiro atoms. The van der Waals surface area contributed by atoms with Gasteiger partial charge in [0.2, 0.25) is 0 Å². The molecule has 0 fully saturated rings. The first kappa shape index (κ1) is 15.4. The Morgan fingerprint density at radius 3 is 2.50 bits per heavy atom. The molecule has 0 heterocycles. The number of hydrogen-bond donors (Lipinski definition) is 2. The molecule has 18 heavy (non-hydrogen) atoms. The lowest BCUT2D eigenvalue weighted by Gasteiger charge is -2.38. The first-order chi connectivity index (χ1) is 8.61. The second kappa shape index (κ2) is 7.10. The molecule has 1 rings (SSSR count). The normalized spacial score (nSPS) is 13.6. The molecule has 3 N–H and O–H groups in total. The second-order valence-electron chi connectivity index (χ2n) is 4.53. The van der Waals surface area contributed by atoms with Crippen molar-refractivity contribution in [1.29, 1.82) is 0 Å². The maximum Gasteiger partial charge on any atom is 0.0842 e. The van der Waals surface area contributed by atoms with Gasteiger partial charge in [0.15, 0.2) is 0 Å². The van der Waals surface area contributed by atoms with Crippen molar-refractivity contribution in [2.24, 2.45) is 5.84 Å². The molecule has 1 aromatic carbocycles. The van der Waals surface area contributed by atoms with Gasteiger partial charge in [0, 0.05) is 12.1 Å². The quantitative estimate of drug-likeness (QED) is 0.592. The number of nitrogens with one attached hydrogen (secondary N) is 1. The fourth-order valence-electron chi connectivity index (χ4n) is 2.47. The van der Waals surface area contributed by atoms with Crippen LogP contribution in [0.15, 0.2) is 24.3 Å². The van der Waals surface area contributed by atoms with Crippen LogP contribution in [-0.4, -0.2) is 18.8 Å². The third kappa shape index (κ3) is 3.45. The van der Waals surface area contributed by atoms with Crippen LogP contribution in [0.2, 0.25) is 5.02 Å². The van der Waals surface area contributed by atoms with E-state index < -0.39 is 0 Å². The van der Waals surface area contributed by atoms with E-state index in [2.05, 4.69) is 25.3 Å². The van der Waals surface area contributed by atoms with Crippen molar-refractivity contribution in [3.63, 3.8) is 0 Å². The van der Waals surface area contributed by atoms with Crippen LogP contribution in [0, 0.1) is 0 Å². The van der Waals surface area contributed by atoms with Crippen molar-refractivity contribution in [3.8, 4) is 0 Å². The predicted molar refractivity (Wildman–Crippen MR) is 76.6 cm³/mol. The summed E-state index contributed by atoms with van der Waals surface area (Å²) in [6, 6.07) is 7.92. The Bertz CT molecular complexity index is 358. The lowest BCUT2D eigenvalue weighted by molar-refractivity contribution is -0.0473. The van der Waals surface area contributed by atoms with Crippen molar-refractivity contribution in [2.75, 3.05) is 7.11 Å². The van der Waals surface area contributed by atoms with Crippen LogP contribution in [-0.2, 0) is 11.2 Å². The first-order valence-electron chi connectivity index (χ1n) is 6.37. The zero-order valence-corrected chi connectivity index (χ0v) is 12.1. The number of ether oxygens (including phenoxy) is 1. The minimum atomic E-state index is -0.239. The lowest BCUT2D eigenvalue weighted by Crippen LogP contribution is -2.55. The van der Waals surface area contributed by atoms with Gasteiger partial charge in [-0.2, -0.15) is 0 Å². The lowest BCUT2D eigenvalue weighted by atomic mass is 9.85. The zero-order chi connectivity index (χ0) is 13.6. The van der Waals surface area contributed by atoms with Gasteiger partial charge in [-0.15, -0.1) is 0 Å². The molecule has 0 aliphatic carbocycles. The topological polar surface area (TPSA) is 47.3 Å². The summed E-state index contributed by atoms with van der Waals surface area (Å²) in [5.41, 5.74) is 3.82. The van der Waals surface area contributed by atoms with Gasteiger partial charge in [0.25, 0.3) is 0 Å². The molecule has 0 aliphatic heterocycles. The van der Waals surface area contributed by atoms with Gasteiger partial charge in [-0.3, -0.25) is 11.3 Å². The van der Waals surface area contributed by atoms with E-state index in [0.29, 0.717) is 0 Å². The Morgan fingerprint density at radius 1 is 1.39 bits per heavy atom. The summed E-state index contributed by atoms with van der Waals surface area (Å²) in [4.78, 5) is 0. The largest absolute Gasteiger partial charge is 0.377 e. The van der Waals surface area contributed by atoms with Gasteiger partial charge < -0.3 is 4.74 Å². The minimum Gasteiger partial charge on any atom is -0.377 e. The van der Waals surface area contributed by atoms with Gasteiger partial charge in [0.05, 0.1) is 11.6 Å². The average Bonchev–Trinajstić information content (AvgIpc) is 2.40. The SMILES string of the molecule is CCC(CC)(OC)C(Cc1cccc(Cl)c1)NN. The molecule has 0 aromatic heterocycles. The van der Waals surface area contributed by atoms with Crippen LogP contribution >= 0.6 is 11.6 Å². The van der Waals surface area contributed by atoms with Crippen LogP contribution in [0.3, 0.4) is 0 Å². The van der Waals surface area contributed by atoms with E-state index in [1.807, 2.05) is 18.2 Å². The van der Waals surface area contributed by atoms with E-state index in [0.717, 1.165) is 29.8 Å². The molecule has 0 aliphatic rings.